The van der Waals surface area contributed by atoms with Crippen molar-refractivity contribution in [1.29, 1.82) is 0 Å². The van der Waals surface area contributed by atoms with E-state index in [2.05, 4.69) is 10.6 Å². The molecule has 2 N–H and O–H groups in total. The number of nitro groups is 1. The fourth-order valence-corrected chi connectivity index (χ4v) is 2.16. The first-order valence-corrected chi connectivity index (χ1v) is 7.05. The van der Waals surface area contributed by atoms with E-state index in [4.69, 9.17) is 0 Å². The lowest BCUT2D eigenvalue weighted by atomic mass is 10.2. The maximum Gasteiger partial charge on any atom is 0.292 e. The van der Waals surface area contributed by atoms with Crippen LogP contribution in [0.3, 0.4) is 0 Å². The summed E-state index contributed by atoms with van der Waals surface area (Å²) in [5.41, 5.74) is 1.79. The minimum atomic E-state index is -0.430. The van der Waals surface area contributed by atoms with Gasteiger partial charge in [0.2, 0.25) is 5.91 Å². The second-order valence-electron chi connectivity index (χ2n) is 5.24. The standard InChI is InChI=1S/C16H15N3O3/c20-16(11-8-9-11)18-13-5-3-4-12(10-13)17-14-6-1-2-7-15(14)19(21)22/h1-7,10-11,17H,8-9H2,(H,18,20). The van der Waals surface area contributed by atoms with Crippen LogP contribution in [-0.2, 0) is 4.79 Å². The molecule has 6 nitrogen and oxygen atoms in total. The van der Waals surface area contributed by atoms with Gasteiger partial charge in [-0.2, -0.15) is 0 Å². The van der Waals surface area contributed by atoms with Crippen LogP contribution in [0.4, 0.5) is 22.7 Å². The summed E-state index contributed by atoms with van der Waals surface area (Å²) >= 11 is 0. The van der Waals surface area contributed by atoms with Gasteiger partial charge in [0, 0.05) is 23.4 Å². The van der Waals surface area contributed by atoms with Crippen molar-refractivity contribution in [1.82, 2.24) is 0 Å². The summed E-state index contributed by atoms with van der Waals surface area (Å²) < 4.78 is 0. The summed E-state index contributed by atoms with van der Waals surface area (Å²) in [5, 5.41) is 16.9. The van der Waals surface area contributed by atoms with Crippen LogP contribution >= 0.6 is 0 Å². The predicted octanol–water partition coefficient (Wildman–Crippen LogP) is 3.69. The number of para-hydroxylation sites is 2. The van der Waals surface area contributed by atoms with Gasteiger partial charge in [0.15, 0.2) is 0 Å². The second kappa shape index (κ2) is 5.85. The van der Waals surface area contributed by atoms with Crippen molar-refractivity contribution in [2.75, 3.05) is 10.6 Å². The van der Waals surface area contributed by atoms with E-state index < -0.39 is 4.92 Å². The molecule has 1 fully saturated rings. The Kier molecular flexibility index (Phi) is 3.74. The smallest absolute Gasteiger partial charge is 0.292 e. The summed E-state index contributed by atoms with van der Waals surface area (Å²) in [4.78, 5) is 22.4. The molecule has 2 aromatic carbocycles. The van der Waals surface area contributed by atoms with Crippen LogP contribution in [0, 0.1) is 16.0 Å². The molecule has 2 aromatic rings. The Morgan fingerprint density at radius 2 is 1.82 bits per heavy atom. The van der Waals surface area contributed by atoms with Crippen molar-refractivity contribution in [3.8, 4) is 0 Å². The minimum Gasteiger partial charge on any atom is -0.350 e. The van der Waals surface area contributed by atoms with Crippen LogP contribution < -0.4 is 10.6 Å². The first-order valence-electron chi connectivity index (χ1n) is 7.05. The van der Waals surface area contributed by atoms with Gasteiger partial charge in [0.25, 0.3) is 5.69 Å². The van der Waals surface area contributed by atoms with Crippen molar-refractivity contribution in [2.24, 2.45) is 5.92 Å². The van der Waals surface area contributed by atoms with E-state index in [0.29, 0.717) is 17.1 Å². The topological polar surface area (TPSA) is 84.3 Å². The van der Waals surface area contributed by atoms with Gasteiger partial charge in [-0.25, -0.2) is 0 Å². The summed E-state index contributed by atoms with van der Waals surface area (Å²) in [6, 6.07) is 13.6. The van der Waals surface area contributed by atoms with Gasteiger partial charge in [-0.3, -0.25) is 14.9 Å². The Hall–Kier alpha value is -2.89. The van der Waals surface area contributed by atoms with Gasteiger partial charge >= 0.3 is 0 Å². The van der Waals surface area contributed by atoms with Crippen molar-refractivity contribution in [2.45, 2.75) is 12.8 Å². The molecular formula is C16H15N3O3. The number of anilines is 3. The first kappa shape index (κ1) is 14.1. The zero-order valence-corrected chi connectivity index (χ0v) is 11.8. The molecule has 0 spiro atoms. The van der Waals surface area contributed by atoms with Crippen LogP contribution in [0.25, 0.3) is 0 Å². The molecule has 1 saturated carbocycles. The van der Waals surface area contributed by atoms with E-state index in [1.807, 2.05) is 0 Å². The van der Waals surface area contributed by atoms with Gasteiger partial charge in [0.05, 0.1) is 4.92 Å². The molecule has 1 aliphatic carbocycles. The Morgan fingerprint density at radius 1 is 1.09 bits per heavy atom. The predicted molar refractivity (Wildman–Crippen MR) is 84.2 cm³/mol. The molecule has 0 bridgehead atoms. The largest absolute Gasteiger partial charge is 0.350 e. The molecule has 112 valence electrons. The molecule has 0 atom stereocenters. The molecule has 1 aliphatic rings. The van der Waals surface area contributed by atoms with Gasteiger partial charge < -0.3 is 10.6 Å². The summed E-state index contributed by atoms with van der Waals surface area (Å²) in [5.74, 6) is 0.162. The van der Waals surface area contributed by atoms with E-state index in [1.54, 1.807) is 42.5 Å². The number of carbonyl (C=O) groups excluding carboxylic acids is 1. The number of benzene rings is 2. The Morgan fingerprint density at radius 3 is 2.55 bits per heavy atom. The molecule has 6 heteroatoms. The lowest BCUT2D eigenvalue weighted by Gasteiger charge is -2.09. The second-order valence-corrected chi connectivity index (χ2v) is 5.24. The summed E-state index contributed by atoms with van der Waals surface area (Å²) in [7, 11) is 0. The average molecular weight is 297 g/mol. The Bertz CT molecular complexity index is 726. The first-order chi connectivity index (χ1) is 10.6. The van der Waals surface area contributed by atoms with Crippen LogP contribution in [0.2, 0.25) is 0 Å². The molecule has 0 radical (unpaired) electrons. The van der Waals surface area contributed by atoms with E-state index in [9.17, 15) is 14.9 Å². The fourth-order valence-electron chi connectivity index (χ4n) is 2.16. The van der Waals surface area contributed by atoms with E-state index in [1.165, 1.54) is 6.07 Å². The number of nitro benzene ring substituents is 1. The van der Waals surface area contributed by atoms with Crippen LogP contribution in [-0.4, -0.2) is 10.8 Å². The quantitative estimate of drug-likeness (QED) is 0.651. The molecule has 1 amide bonds. The van der Waals surface area contributed by atoms with E-state index in [0.717, 1.165) is 12.8 Å². The number of rotatable bonds is 5. The minimum absolute atomic E-state index is 0.00918. The Labute approximate surface area is 127 Å². The van der Waals surface area contributed by atoms with E-state index >= 15 is 0 Å². The maximum absolute atomic E-state index is 11.8. The zero-order valence-electron chi connectivity index (χ0n) is 11.8. The monoisotopic (exact) mass is 297 g/mol. The molecule has 0 unspecified atom stereocenters. The maximum atomic E-state index is 11.8. The molecule has 0 saturated heterocycles. The highest BCUT2D eigenvalue weighted by Gasteiger charge is 2.29. The molecule has 0 aliphatic heterocycles. The fraction of sp³-hybridized carbons (Fsp3) is 0.188. The summed E-state index contributed by atoms with van der Waals surface area (Å²) in [6.07, 6.45) is 1.89. The zero-order chi connectivity index (χ0) is 15.5. The normalized spacial score (nSPS) is 13.5. The molecule has 0 heterocycles. The number of nitrogens with one attached hydrogen (secondary N) is 2. The van der Waals surface area contributed by atoms with Crippen molar-refractivity contribution < 1.29 is 9.72 Å². The SMILES string of the molecule is O=C(Nc1cccc(Nc2ccccc2[N+](=O)[O-])c1)C1CC1. The van der Waals surface area contributed by atoms with Crippen molar-refractivity contribution in [3.63, 3.8) is 0 Å². The third-order valence-corrected chi connectivity index (χ3v) is 3.46. The number of amides is 1. The highest BCUT2D eigenvalue weighted by molar-refractivity contribution is 5.94. The highest BCUT2D eigenvalue weighted by Crippen LogP contribution is 2.31. The molecule has 22 heavy (non-hydrogen) atoms. The molecular weight excluding hydrogens is 282 g/mol. The van der Waals surface area contributed by atoms with Gasteiger partial charge in [-0.1, -0.05) is 18.2 Å². The van der Waals surface area contributed by atoms with Gasteiger partial charge in [0.1, 0.15) is 5.69 Å². The molecule has 3 rings (SSSR count). The van der Waals surface area contributed by atoms with E-state index in [-0.39, 0.29) is 17.5 Å². The third kappa shape index (κ3) is 3.22. The Balaban J connectivity index is 1.78. The number of hydrogen-bond donors (Lipinski definition) is 2. The van der Waals surface area contributed by atoms with Gasteiger partial charge in [-0.15, -0.1) is 0 Å². The number of hydrogen-bond acceptors (Lipinski definition) is 4. The lowest BCUT2D eigenvalue weighted by molar-refractivity contribution is -0.383. The van der Waals surface area contributed by atoms with Crippen LogP contribution in [0.1, 0.15) is 12.8 Å². The van der Waals surface area contributed by atoms with Crippen molar-refractivity contribution in [3.05, 3.63) is 58.6 Å². The average Bonchev–Trinajstić information content (AvgIpc) is 3.32. The van der Waals surface area contributed by atoms with Crippen molar-refractivity contribution >= 4 is 28.7 Å². The van der Waals surface area contributed by atoms with Crippen LogP contribution in [0.15, 0.2) is 48.5 Å². The molecule has 0 aromatic heterocycles. The summed E-state index contributed by atoms with van der Waals surface area (Å²) in [6.45, 7) is 0. The van der Waals surface area contributed by atoms with Crippen LogP contribution in [0.5, 0.6) is 0 Å². The van der Waals surface area contributed by atoms with Gasteiger partial charge in [-0.05, 0) is 37.1 Å². The lowest BCUT2D eigenvalue weighted by Crippen LogP contribution is -2.13. The number of carbonyl (C=O) groups is 1. The third-order valence-electron chi connectivity index (χ3n) is 3.46. The highest BCUT2D eigenvalue weighted by atomic mass is 16.6. The number of nitrogens with zero attached hydrogens (tertiary/aromatic N) is 1.